The summed E-state index contributed by atoms with van der Waals surface area (Å²) in [5, 5.41) is 4.82. The van der Waals surface area contributed by atoms with Crippen molar-refractivity contribution in [2.45, 2.75) is 20.4 Å². The highest BCUT2D eigenvalue weighted by Crippen LogP contribution is 2.30. The molecule has 1 aliphatic rings. The Morgan fingerprint density at radius 3 is 2.57 bits per heavy atom. The van der Waals surface area contributed by atoms with E-state index in [0.29, 0.717) is 19.8 Å². The minimum absolute atomic E-state index is 0.0266. The molecule has 0 aliphatic carbocycles. The van der Waals surface area contributed by atoms with E-state index in [4.69, 9.17) is 9.84 Å². The van der Waals surface area contributed by atoms with Crippen molar-refractivity contribution in [3.8, 4) is 11.1 Å². The number of ether oxygens (including phenoxy) is 1. The summed E-state index contributed by atoms with van der Waals surface area (Å²) in [4.78, 5) is 17.2. The first-order valence-electron chi connectivity index (χ1n) is 10.5. The molecule has 3 aromatic rings. The van der Waals surface area contributed by atoms with Gasteiger partial charge < -0.3 is 14.5 Å². The van der Waals surface area contributed by atoms with Gasteiger partial charge in [0.25, 0.3) is 0 Å². The molecule has 0 radical (unpaired) electrons. The average molecular weight is 405 g/mol. The largest absolute Gasteiger partial charge is 0.378 e. The molecule has 0 spiro atoms. The fraction of sp³-hybridized carbons (Fsp3) is 0.333. The molecule has 0 saturated carbocycles. The molecule has 1 aliphatic heterocycles. The second-order valence-electron chi connectivity index (χ2n) is 7.51. The van der Waals surface area contributed by atoms with Crippen molar-refractivity contribution < 1.29 is 9.53 Å². The molecule has 156 valence electrons. The van der Waals surface area contributed by atoms with Gasteiger partial charge in [0.2, 0.25) is 5.91 Å². The summed E-state index contributed by atoms with van der Waals surface area (Å²) in [5.74, 6) is 0.939. The molecule has 6 heteroatoms. The number of amides is 1. The van der Waals surface area contributed by atoms with E-state index in [1.807, 2.05) is 67.4 Å². The standard InChI is InChI=1S/C24H28N4O2/c1-3-28(21-11-7-8-19(2)16-21)23(29)18-27-17-22(20-9-5-4-6-10-20)24(25-27)26-12-14-30-15-13-26/h4-11,16-17H,3,12-15,18H2,1-2H3. The van der Waals surface area contributed by atoms with Gasteiger partial charge in [-0.1, -0.05) is 42.5 Å². The molecular weight excluding hydrogens is 376 g/mol. The highest BCUT2D eigenvalue weighted by atomic mass is 16.5. The first-order chi connectivity index (χ1) is 14.7. The number of morpholine rings is 1. The van der Waals surface area contributed by atoms with Crippen LogP contribution in [0.2, 0.25) is 0 Å². The Bertz CT molecular complexity index is 993. The van der Waals surface area contributed by atoms with Crippen LogP contribution in [-0.4, -0.2) is 48.5 Å². The van der Waals surface area contributed by atoms with Crippen LogP contribution >= 0.6 is 0 Å². The summed E-state index contributed by atoms with van der Waals surface area (Å²) in [6, 6.07) is 18.3. The monoisotopic (exact) mass is 404 g/mol. The first kappa shape index (κ1) is 20.2. The van der Waals surface area contributed by atoms with E-state index in [-0.39, 0.29) is 12.5 Å². The van der Waals surface area contributed by atoms with Crippen LogP contribution < -0.4 is 9.80 Å². The summed E-state index contributed by atoms with van der Waals surface area (Å²) in [5.41, 5.74) is 4.21. The Morgan fingerprint density at radius 2 is 1.87 bits per heavy atom. The first-order valence-corrected chi connectivity index (χ1v) is 10.5. The number of rotatable bonds is 6. The minimum Gasteiger partial charge on any atom is -0.378 e. The van der Waals surface area contributed by atoms with Crippen LogP contribution in [-0.2, 0) is 16.1 Å². The average Bonchev–Trinajstić information content (AvgIpc) is 3.19. The van der Waals surface area contributed by atoms with Gasteiger partial charge >= 0.3 is 0 Å². The Labute approximate surface area is 177 Å². The van der Waals surface area contributed by atoms with E-state index in [1.165, 1.54) is 0 Å². The van der Waals surface area contributed by atoms with Gasteiger partial charge in [-0.05, 0) is 37.1 Å². The van der Waals surface area contributed by atoms with Crippen molar-refractivity contribution in [3.63, 3.8) is 0 Å². The van der Waals surface area contributed by atoms with E-state index < -0.39 is 0 Å². The van der Waals surface area contributed by atoms with Gasteiger partial charge in [-0.2, -0.15) is 5.10 Å². The molecule has 0 unspecified atom stereocenters. The number of likely N-dealkylation sites (N-methyl/N-ethyl adjacent to an activating group) is 1. The van der Waals surface area contributed by atoms with Gasteiger partial charge in [-0.15, -0.1) is 0 Å². The molecule has 0 atom stereocenters. The second-order valence-corrected chi connectivity index (χ2v) is 7.51. The lowest BCUT2D eigenvalue weighted by molar-refractivity contribution is -0.119. The van der Waals surface area contributed by atoms with Crippen molar-refractivity contribution in [1.29, 1.82) is 0 Å². The van der Waals surface area contributed by atoms with Gasteiger partial charge in [-0.25, -0.2) is 0 Å². The summed E-state index contributed by atoms with van der Waals surface area (Å²) < 4.78 is 7.28. The van der Waals surface area contributed by atoms with Gasteiger partial charge in [0.15, 0.2) is 5.82 Å². The maximum Gasteiger partial charge on any atom is 0.248 e. The lowest BCUT2D eigenvalue weighted by Crippen LogP contribution is -2.37. The summed E-state index contributed by atoms with van der Waals surface area (Å²) >= 11 is 0. The molecule has 2 aromatic carbocycles. The van der Waals surface area contributed by atoms with Crippen LogP contribution in [0.1, 0.15) is 12.5 Å². The number of aryl methyl sites for hydroxylation is 1. The molecule has 6 nitrogen and oxygen atoms in total. The van der Waals surface area contributed by atoms with Crippen molar-refractivity contribution in [2.75, 3.05) is 42.6 Å². The van der Waals surface area contributed by atoms with Crippen molar-refractivity contribution in [2.24, 2.45) is 0 Å². The lowest BCUT2D eigenvalue weighted by Gasteiger charge is -2.27. The molecule has 30 heavy (non-hydrogen) atoms. The molecule has 0 N–H and O–H groups in total. The normalized spacial score (nSPS) is 14.0. The number of hydrogen-bond donors (Lipinski definition) is 0. The lowest BCUT2D eigenvalue weighted by atomic mass is 10.1. The van der Waals surface area contributed by atoms with Gasteiger partial charge in [0.05, 0.1) is 13.2 Å². The molecule has 2 heterocycles. The second kappa shape index (κ2) is 9.13. The molecular formula is C24H28N4O2. The predicted octanol–water partition coefficient (Wildman–Crippen LogP) is 3.75. The molecule has 1 fully saturated rings. The van der Waals surface area contributed by atoms with E-state index in [1.54, 1.807) is 4.68 Å². The van der Waals surface area contributed by atoms with Crippen LogP contribution in [0.25, 0.3) is 11.1 Å². The van der Waals surface area contributed by atoms with Crippen LogP contribution in [0.5, 0.6) is 0 Å². The predicted molar refractivity (Wildman–Crippen MR) is 120 cm³/mol. The molecule has 4 rings (SSSR count). The third-order valence-electron chi connectivity index (χ3n) is 5.37. The third kappa shape index (κ3) is 4.39. The SMILES string of the molecule is CCN(C(=O)Cn1cc(-c2ccccc2)c(N2CCOCC2)n1)c1cccc(C)c1. The van der Waals surface area contributed by atoms with Crippen LogP contribution in [0.4, 0.5) is 11.5 Å². The van der Waals surface area contributed by atoms with Crippen molar-refractivity contribution in [3.05, 3.63) is 66.4 Å². The fourth-order valence-electron chi connectivity index (χ4n) is 3.84. The maximum atomic E-state index is 13.1. The third-order valence-corrected chi connectivity index (χ3v) is 5.37. The fourth-order valence-corrected chi connectivity index (χ4v) is 3.84. The molecule has 1 amide bonds. The van der Waals surface area contributed by atoms with E-state index in [0.717, 1.165) is 41.3 Å². The Kier molecular flexibility index (Phi) is 6.14. The number of carbonyl (C=O) groups is 1. The Balaban J connectivity index is 1.62. The zero-order valence-corrected chi connectivity index (χ0v) is 17.6. The number of benzene rings is 2. The summed E-state index contributed by atoms with van der Waals surface area (Å²) in [6.45, 7) is 7.84. The zero-order valence-electron chi connectivity index (χ0n) is 17.6. The number of carbonyl (C=O) groups excluding carboxylic acids is 1. The minimum atomic E-state index is 0.0266. The Morgan fingerprint density at radius 1 is 1.10 bits per heavy atom. The number of aromatic nitrogens is 2. The zero-order chi connectivity index (χ0) is 20.9. The smallest absolute Gasteiger partial charge is 0.248 e. The topological polar surface area (TPSA) is 50.6 Å². The summed E-state index contributed by atoms with van der Waals surface area (Å²) in [6.07, 6.45) is 1.99. The Hall–Kier alpha value is -3.12. The molecule has 0 bridgehead atoms. The van der Waals surface area contributed by atoms with Crippen LogP contribution in [0, 0.1) is 6.92 Å². The van der Waals surface area contributed by atoms with Crippen molar-refractivity contribution >= 4 is 17.4 Å². The van der Waals surface area contributed by atoms with Crippen molar-refractivity contribution in [1.82, 2.24) is 9.78 Å². The van der Waals surface area contributed by atoms with Crippen LogP contribution in [0.3, 0.4) is 0 Å². The number of nitrogens with zero attached hydrogens (tertiary/aromatic N) is 4. The molecule has 1 aromatic heterocycles. The number of anilines is 2. The van der Waals surface area contributed by atoms with E-state index in [2.05, 4.69) is 17.0 Å². The van der Waals surface area contributed by atoms with Gasteiger partial charge in [0.1, 0.15) is 6.54 Å². The molecule has 1 saturated heterocycles. The highest BCUT2D eigenvalue weighted by molar-refractivity contribution is 5.93. The quantitative estimate of drug-likeness (QED) is 0.628. The van der Waals surface area contributed by atoms with Gasteiger partial charge in [0, 0.05) is 37.1 Å². The highest BCUT2D eigenvalue weighted by Gasteiger charge is 2.22. The maximum absolute atomic E-state index is 13.1. The van der Waals surface area contributed by atoms with Crippen LogP contribution in [0.15, 0.2) is 60.8 Å². The van der Waals surface area contributed by atoms with E-state index >= 15 is 0 Å². The number of hydrogen-bond acceptors (Lipinski definition) is 4. The van der Waals surface area contributed by atoms with Gasteiger partial charge in [-0.3, -0.25) is 9.48 Å². The van der Waals surface area contributed by atoms with E-state index in [9.17, 15) is 4.79 Å². The summed E-state index contributed by atoms with van der Waals surface area (Å²) in [7, 11) is 0.